The first-order valence-corrected chi connectivity index (χ1v) is 5.21. The van der Waals surface area contributed by atoms with Gasteiger partial charge in [-0.1, -0.05) is 39.5 Å². The van der Waals surface area contributed by atoms with Crippen LogP contribution in [-0.2, 0) is 4.74 Å². The van der Waals surface area contributed by atoms with Crippen molar-refractivity contribution in [2.75, 3.05) is 7.11 Å². The van der Waals surface area contributed by atoms with Gasteiger partial charge >= 0.3 is 0 Å². The molecule has 0 aromatic rings. The average molecular weight is 188 g/mol. The van der Waals surface area contributed by atoms with Gasteiger partial charge in [0.15, 0.2) is 5.05 Å². The molecule has 2 heteroatoms. The van der Waals surface area contributed by atoms with Crippen molar-refractivity contribution in [2.24, 2.45) is 5.92 Å². The van der Waals surface area contributed by atoms with Crippen molar-refractivity contribution in [2.45, 2.75) is 46.0 Å². The highest BCUT2D eigenvalue weighted by atomic mass is 32.1. The van der Waals surface area contributed by atoms with Gasteiger partial charge in [0, 0.05) is 5.92 Å². The summed E-state index contributed by atoms with van der Waals surface area (Å²) in [4.78, 5) is 0. The van der Waals surface area contributed by atoms with Crippen molar-refractivity contribution in [3.8, 4) is 0 Å². The van der Waals surface area contributed by atoms with Crippen LogP contribution in [0.5, 0.6) is 0 Å². The Morgan fingerprint density at radius 1 is 1.33 bits per heavy atom. The van der Waals surface area contributed by atoms with E-state index in [9.17, 15) is 0 Å². The van der Waals surface area contributed by atoms with Gasteiger partial charge in [0.05, 0.1) is 7.11 Å². The van der Waals surface area contributed by atoms with Crippen molar-refractivity contribution in [3.05, 3.63) is 0 Å². The van der Waals surface area contributed by atoms with E-state index in [0.29, 0.717) is 5.92 Å². The Bertz CT molecular complexity index is 123. The molecule has 0 fully saturated rings. The van der Waals surface area contributed by atoms with E-state index < -0.39 is 0 Å². The summed E-state index contributed by atoms with van der Waals surface area (Å²) in [6.07, 6.45) is 6.41. The summed E-state index contributed by atoms with van der Waals surface area (Å²) in [7, 11) is 1.66. The first-order valence-electron chi connectivity index (χ1n) is 4.80. The largest absolute Gasteiger partial charge is 0.490 e. The molecule has 1 nitrogen and oxygen atoms in total. The molecule has 0 spiro atoms. The van der Waals surface area contributed by atoms with Gasteiger partial charge in [0.25, 0.3) is 0 Å². The van der Waals surface area contributed by atoms with E-state index in [2.05, 4.69) is 13.8 Å². The van der Waals surface area contributed by atoms with Crippen LogP contribution in [0.2, 0.25) is 0 Å². The average Bonchev–Trinajstić information content (AvgIpc) is 2.10. The molecule has 0 amide bonds. The van der Waals surface area contributed by atoms with E-state index in [-0.39, 0.29) is 0 Å². The van der Waals surface area contributed by atoms with Gasteiger partial charge < -0.3 is 4.74 Å². The molecule has 0 heterocycles. The van der Waals surface area contributed by atoms with Crippen LogP contribution < -0.4 is 0 Å². The molecular formula is C10H20OS. The van der Waals surface area contributed by atoms with Crippen molar-refractivity contribution in [1.29, 1.82) is 0 Å². The van der Waals surface area contributed by atoms with Crippen molar-refractivity contribution in [1.82, 2.24) is 0 Å². The Morgan fingerprint density at radius 3 is 2.50 bits per heavy atom. The highest BCUT2D eigenvalue weighted by Gasteiger charge is 2.07. The van der Waals surface area contributed by atoms with Crippen LogP contribution in [0.25, 0.3) is 0 Å². The Balaban J connectivity index is 3.31. The SMILES string of the molecule is CCCCCCC(C)C(=S)OC. The van der Waals surface area contributed by atoms with Crippen LogP contribution in [0.4, 0.5) is 0 Å². The zero-order valence-corrected chi connectivity index (χ0v) is 9.25. The third-order valence-electron chi connectivity index (χ3n) is 2.09. The predicted molar refractivity (Wildman–Crippen MR) is 57.5 cm³/mol. The van der Waals surface area contributed by atoms with Crippen LogP contribution in [0, 0.1) is 5.92 Å². The highest BCUT2D eigenvalue weighted by Crippen LogP contribution is 2.12. The highest BCUT2D eigenvalue weighted by molar-refractivity contribution is 7.80. The maximum Gasteiger partial charge on any atom is 0.162 e. The maximum atomic E-state index is 5.03. The quantitative estimate of drug-likeness (QED) is 0.465. The minimum absolute atomic E-state index is 0.446. The molecule has 0 radical (unpaired) electrons. The van der Waals surface area contributed by atoms with Crippen LogP contribution in [0.3, 0.4) is 0 Å². The monoisotopic (exact) mass is 188 g/mol. The van der Waals surface area contributed by atoms with Crippen molar-refractivity contribution in [3.63, 3.8) is 0 Å². The Labute approximate surface area is 81.5 Å². The van der Waals surface area contributed by atoms with Gasteiger partial charge in [-0.05, 0) is 18.6 Å². The number of rotatable bonds is 6. The summed E-state index contributed by atoms with van der Waals surface area (Å²) in [5, 5.41) is 0.756. The van der Waals surface area contributed by atoms with E-state index in [4.69, 9.17) is 17.0 Å². The second-order valence-corrected chi connectivity index (χ2v) is 3.68. The third kappa shape index (κ3) is 5.53. The fourth-order valence-corrected chi connectivity index (χ4v) is 1.31. The molecule has 1 unspecified atom stereocenters. The molecule has 0 saturated heterocycles. The van der Waals surface area contributed by atoms with Gasteiger partial charge in [-0.15, -0.1) is 0 Å². The van der Waals surface area contributed by atoms with Gasteiger partial charge in [0.2, 0.25) is 0 Å². The Morgan fingerprint density at radius 2 is 2.00 bits per heavy atom. The van der Waals surface area contributed by atoms with Gasteiger partial charge in [-0.25, -0.2) is 0 Å². The molecule has 12 heavy (non-hydrogen) atoms. The number of hydrogen-bond donors (Lipinski definition) is 0. The Kier molecular flexibility index (Phi) is 7.47. The summed E-state index contributed by atoms with van der Waals surface area (Å²) < 4.78 is 5.00. The molecule has 0 aromatic heterocycles. The number of unbranched alkanes of at least 4 members (excludes halogenated alkanes) is 3. The lowest BCUT2D eigenvalue weighted by atomic mass is 10.0. The number of hydrogen-bond acceptors (Lipinski definition) is 2. The molecule has 0 aliphatic rings. The molecule has 0 bridgehead atoms. The lowest BCUT2D eigenvalue weighted by molar-refractivity contribution is 0.375. The van der Waals surface area contributed by atoms with Crippen molar-refractivity contribution >= 4 is 17.3 Å². The van der Waals surface area contributed by atoms with Crippen LogP contribution in [-0.4, -0.2) is 12.2 Å². The summed E-state index contributed by atoms with van der Waals surface area (Å²) in [5.74, 6) is 0.446. The predicted octanol–water partition coefficient (Wildman–Crippen LogP) is 3.57. The number of methoxy groups -OCH3 is 1. The summed E-state index contributed by atoms with van der Waals surface area (Å²) >= 11 is 5.03. The fourth-order valence-electron chi connectivity index (χ4n) is 1.20. The molecule has 0 aromatic carbocycles. The minimum atomic E-state index is 0.446. The molecule has 0 aliphatic carbocycles. The summed E-state index contributed by atoms with van der Waals surface area (Å²) in [5.41, 5.74) is 0. The minimum Gasteiger partial charge on any atom is -0.490 e. The molecular weight excluding hydrogens is 168 g/mol. The van der Waals surface area contributed by atoms with Crippen LogP contribution in [0.1, 0.15) is 46.0 Å². The standard InChI is InChI=1S/C10H20OS/c1-4-5-6-7-8-9(2)10(12)11-3/h9H,4-8H2,1-3H3. The Hall–Kier alpha value is -0.110. The normalized spacial score (nSPS) is 12.6. The zero-order valence-electron chi connectivity index (χ0n) is 8.43. The smallest absolute Gasteiger partial charge is 0.162 e. The molecule has 0 N–H and O–H groups in total. The van der Waals surface area contributed by atoms with E-state index in [1.54, 1.807) is 7.11 Å². The summed E-state index contributed by atoms with van der Waals surface area (Å²) in [6.45, 7) is 4.36. The second-order valence-electron chi connectivity index (χ2n) is 3.27. The van der Waals surface area contributed by atoms with E-state index in [1.165, 1.54) is 32.1 Å². The first kappa shape index (κ1) is 11.9. The fraction of sp³-hybridized carbons (Fsp3) is 0.900. The zero-order chi connectivity index (χ0) is 9.40. The molecule has 0 aliphatic heterocycles. The lowest BCUT2D eigenvalue weighted by Gasteiger charge is -2.10. The van der Waals surface area contributed by atoms with E-state index in [1.807, 2.05) is 0 Å². The van der Waals surface area contributed by atoms with E-state index >= 15 is 0 Å². The lowest BCUT2D eigenvalue weighted by Crippen LogP contribution is -2.09. The first-order chi connectivity index (χ1) is 5.72. The second kappa shape index (κ2) is 7.53. The van der Waals surface area contributed by atoms with Crippen molar-refractivity contribution < 1.29 is 4.74 Å². The van der Waals surface area contributed by atoms with Crippen LogP contribution in [0.15, 0.2) is 0 Å². The maximum absolute atomic E-state index is 5.03. The summed E-state index contributed by atoms with van der Waals surface area (Å²) in [6, 6.07) is 0. The van der Waals surface area contributed by atoms with Crippen LogP contribution >= 0.6 is 12.2 Å². The number of ether oxygens (including phenoxy) is 1. The van der Waals surface area contributed by atoms with E-state index in [0.717, 1.165) is 5.05 Å². The third-order valence-corrected chi connectivity index (χ3v) is 2.66. The van der Waals surface area contributed by atoms with Gasteiger partial charge in [-0.3, -0.25) is 0 Å². The van der Waals surface area contributed by atoms with Gasteiger partial charge in [0.1, 0.15) is 0 Å². The molecule has 1 atom stereocenters. The molecule has 0 saturated carbocycles. The topological polar surface area (TPSA) is 9.23 Å². The number of thiocarbonyl (C=S) groups is 1. The molecule has 72 valence electrons. The van der Waals surface area contributed by atoms with Gasteiger partial charge in [-0.2, -0.15) is 0 Å². The molecule has 0 rings (SSSR count).